The summed E-state index contributed by atoms with van der Waals surface area (Å²) in [5.41, 5.74) is 17.4. The van der Waals surface area contributed by atoms with Gasteiger partial charge in [-0.25, -0.2) is 4.98 Å². The predicted octanol–water partition coefficient (Wildman–Crippen LogP) is 16.2. The van der Waals surface area contributed by atoms with Crippen LogP contribution in [0.15, 0.2) is 267 Å². The van der Waals surface area contributed by atoms with Crippen molar-refractivity contribution in [3.8, 4) is 22.0 Å². The van der Waals surface area contributed by atoms with Crippen LogP contribution >= 0.6 is 11.5 Å². The first-order chi connectivity index (χ1) is 34.2. The molecule has 0 atom stereocenters. The molecule has 0 aliphatic carbocycles. The predicted molar refractivity (Wildman–Crippen MR) is 284 cm³/mol. The van der Waals surface area contributed by atoms with E-state index in [-0.39, 0.29) is 0 Å². The molecule has 13 rings (SSSR count). The number of para-hydroxylation sites is 4. The Morgan fingerprint density at radius 1 is 0.304 bits per heavy atom. The Balaban J connectivity index is 0.896. The third-order valence-electron chi connectivity index (χ3n) is 14.2. The van der Waals surface area contributed by atoms with Crippen molar-refractivity contribution in [3.05, 3.63) is 311 Å². The number of hydrogen-bond acceptors (Lipinski definition) is 5. The van der Waals surface area contributed by atoms with Crippen molar-refractivity contribution in [1.29, 1.82) is 0 Å². The van der Waals surface area contributed by atoms with Gasteiger partial charge in [-0.05, 0) is 105 Å². The van der Waals surface area contributed by atoms with Gasteiger partial charge in [0.1, 0.15) is 5.01 Å². The SMILES string of the molecule is c1ccc(C2(c3ccccc3)c3ccccc3N(c3cccc(-c4nsc(-c5cccc(N6c7ccccc7C(c7ccccc7)(c7ccccc7)c7ccccc76)c5)n4)c3)c3ccccc32)cc1. The summed E-state index contributed by atoms with van der Waals surface area (Å²) in [6.07, 6.45) is 0. The van der Waals surface area contributed by atoms with Gasteiger partial charge < -0.3 is 9.80 Å². The van der Waals surface area contributed by atoms with E-state index in [9.17, 15) is 0 Å². The van der Waals surface area contributed by atoms with Gasteiger partial charge in [-0.15, -0.1) is 0 Å². The smallest absolute Gasteiger partial charge is 0.173 e. The van der Waals surface area contributed by atoms with E-state index in [0.29, 0.717) is 5.82 Å². The Morgan fingerprint density at radius 3 is 1.00 bits per heavy atom. The zero-order chi connectivity index (χ0) is 45.8. The summed E-state index contributed by atoms with van der Waals surface area (Å²) in [7, 11) is 0. The standard InChI is InChI=1S/C64H44N4S/c1-5-25-47(26-6-1)63(48-27-7-2-8-28-48)53-35-13-17-39-57(53)67(58-40-18-14-36-54(58)63)51-33-21-23-45(43-51)61-65-62(69-66-61)46-24-22-34-52(44-46)68-59-41-19-15-37-55(59)64(49-29-9-3-10-30-49,50-31-11-4-12-32-50)56-38-16-20-42-60(56)68/h1-44H. The average Bonchev–Trinajstić information content (AvgIpc) is 3.94. The van der Waals surface area contributed by atoms with Crippen LogP contribution in [0.1, 0.15) is 44.5 Å². The lowest BCUT2D eigenvalue weighted by Crippen LogP contribution is -2.37. The molecule has 4 nitrogen and oxygen atoms in total. The van der Waals surface area contributed by atoms with Crippen molar-refractivity contribution in [2.24, 2.45) is 0 Å². The summed E-state index contributed by atoms with van der Waals surface area (Å²) in [6, 6.07) is 96.8. The van der Waals surface area contributed by atoms with Gasteiger partial charge in [0, 0.05) is 22.5 Å². The van der Waals surface area contributed by atoms with E-state index in [1.54, 1.807) is 0 Å². The van der Waals surface area contributed by atoms with Gasteiger partial charge in [0.05, 0.1) is 33.6 Å². The number of nitrogens with zero attached hydrogens (tertiary/aromatic N) is 4. The van der Waals surface area contributed by atoms with E-state index >= 15 is 0 Å². The van der Waals surface area contributed by atoms with E-state index in [1.807, 2.05) is 0 Å². The molecule has 69 heavy (non-hydrogen) atoms. The monoisotopic (exact) mass is 900 g/mol. The molecule has 0 amide bonds. The first kappa shape index (κ1) is 40.6. The van der Waals surface area contributed by atoms with Gasteiger partial charge in [-0.3, -0.25) is 0 Å². The van der Waals surface area contributed by atoms with Crippen molar-refractivity contribution in [2.75, 3.05) is 9.80 Å². The summed E-state index contributed by atoms with van der Waals surface area (Å²) in [6.45, 7) is 0. The van der Waals surface area contributed by atoms with E-state index in [4.69, 9.17) is 9.36 Å². The molecule has 326 valence electrons. The van der Waals surface area contributed by atoms with E-state index in [1.165, 1.54) is 56.0 Å². The molecule has 2 aliphatic rings. The molecule has 0 bridgehead atoms. The Hall–Kier alpha value is -8.64. The Labute approximate surface area is 406 Å². The summed E-state index contributed by atoms with van der Waals surface area (Å²) in [5, 5.41) is 0.864. The molecule has 11 aromatic rings. The second-order valence-corrected chi connectivity index (χ2v) is 18.5. The summed E-state index contributed by atoms with van der Waals surface area (Å²) >= 11 is 1.44. The van der Waals surface area contributed by atoms with Gasteiger partial charge in [0.15, 0.2) is 5.82 Å². The zero-order valence-electron chi connectivity index (χ0n) is 37.6. The minimum Gasteiger partial charge on any atom is -0.310 e. The van der Waals surface area contributed by atoms with Gasteiger partial charge in [0.25, 0.3) is 0 Å². The second-order valence-electron chi connectivity index (χ2n) is 17.7. The van der Waals surface area contributed by atoms with Crippen LogP contribution in [0.2, 0.25) is 0 Å². The van der Waals surface area contributed by atoms with Crippen LogP contribution in [0.25, 0.3) is 22.0 Å². The molecule has 0 fully saturated rings. The van der Waals surface area contributed by atoms with Crippen molar-refractivity contribution in [1.82, 2.24) is 9.36 Å². The fraction of sp³-hybridized carbons (Fsp3) is 0.0312. The van der Waals surface area contributed by atoms with E-state index in [0.717, 1.165) is 50.3 Å². The van der Waals surface area contributed by atoms with Crippen LogP contribution in [-0.4, -0.2) is 9.36 Å². The first-order valence-corrected chi connectivity index (χ1v) is 24.3. The molecular weight excluding hydrogens is 857 g/mol. The van der Waals surface area contributed by atoms with Crippen LogP contribution < -0.4 is 9.80 Å². The highest BCUT2D eigenvalue weighted by Gasteiger charge is 2.48. The zero-order valence-corrected chi connectivity index (χ0v) is 38.4. The van der Waals surface area contributed by atoms with Crippen LogP contribution in [0, 0.1) is 0 Å². The van der Waals surface area contributed by atoms with Crippen LogP contribution in [0.4, 0.5) is 34.1 Å². The number of fused-ring (bicyclic) bond motifs is 4. The number of aromatic nitrogens is 2. The summed E-state index contributed by atoms with van der Waals surface area (Å²) in [5.74, 6) is 0.702. The van der Waals surface area contributed by atoms with E-state index < -0.39 is 10.8 Å². The van der Waals surface area contributed by atoms with Gasteiger partial charge in [-0.2, -0.15) is 4.37 Å². The molecule has 0 unspecified atom stereocenters. The van der Waals surface area contributed by atoms with Gasteiger partial charge in [-0.1, -0.05) is 218 Å². The largest absolute Gasteiger partial charge is 0.310 e. The number of hydrogen-bond donors (Lipinski definition) is 0. The Kier molecular flexibility index (Phi) is 9.77. The highest BCUT2D eigenvalue weighted by atomic mass is 32.1. The van der Waals surface area contributed by atoms with Crippen molar-refractivity contribution < 1.29 is 0 Å². The fourth-order valence-electron chi connectivity index (χ4n) is 11.4. The quantitative estimate of drug-likeness (QED) is 0.152. The second kappa shape index (κ2) is 16.6. The maximum absolute atomic E-state index is 5.28. The van der Waals surface area contributed by atoms with Crippen molar-refractivity contribution in [3.63, 3.8) is 0 Å². The van der Waals surface area contributed by atoms with Crippen molar-refractivity contribution >= 4 is 45.7 Å². The van der Waals surface area contributed by atoms with Gasteiger partial charge in [0.2, 0.25) is 0 Å². The fourth-order valence-corrected chi connectivity index (χ4v) is 12.1. The topological polar surface area (TPSA) is 32.3 Å². The molecule has 2 aliphatic heterocycles. The number of anilines is 6. The highest BCUT2D eigenvalue weighted by Crippen LogP contribution is 2.59. The minimum atomic E-state index is -0.533. The third-order valence-corrected chi connectivity index (χ3v) is 14.9. The highest BCUT2D eigenvalue weighted by molar-refractivity contribution is 7.09. The molecule has 0 spiro atoms. The molecule has 0 saturated heterocycles. The molecule has 0 N–H and O–H groups in total. The van der Waals surface area contributed by atoms with E-state index in [2.05, 4.69) is 277 Å². The van der Waals surface area contributed by atoms with Gasteiger partial charge >= 0.3 is 0 Å². The third kappa shape index (κ3) is 6.28. The van der Waals surface area contributed by atoms with Crippen molar-refractivity contribution in [2.45, 2.75) is 10.8 Å². The molecule has 3 heterocycles. The molecule has 10 aromatic carbocycles. The molecule has 5 heteroatoms. The Bertz CT molecular complexity index is 3230. The molecule has 1 aromatic heterocycles. The van der Waals surface area contributed by atoms with Crippen LogP contribution in [0.5, 0.6) is 0 Å². The Morgan fingerprint density at radius 2 is 0.623 bits per heavy atom. The summed E-state index contributed by atoms with van der Waals surface area (Å²) < 4.78 is 5.04. The summed E-state index contributed by atoms with van der Waals surface area (Å²) in [4.78, 5) is 10.1. The normalized spacial score (nSPS) is 14.0. The molecule has 0 saturated carbocycles. The minimum absolute atomic E-state index is 0.530. The number of benzene rings is 10. The maximum Gasteiger partial charge on any atom is 0.173 e. The lowest BCUT2D eigenvalue weighted by molar-refractivity contribution is 0.731. The number of rotatable bonds is 8. The lowest BCUT2D eigenvalue weighted by Gasteiger charge is -2.46. The average molecular weight is 901 g/mol. The maximum atomic E-state index is 5.28. The molecular formula is C64H44N4S. The first-order valence-electron chi connectivity index (χ1n) is 23.5. The molecule has 0 radical (unpaired) electrons. The van der Waals surface area contributed by atoms with Crippen LogP contribution in [-0.2, 0) is 10.8 Å². The lowest BCUT2D eigenvalue weighted by atomic mass is 9.62. The van der Waals surface area contributed by atoms with Crippen LogP contribution in [0.3, 0.4) is 0 Å².